The Morgan fingerprint density at radius 3 is 2.74 bits per heavy atom. The van der Waals surface area contributed by atoms with Gasteiger partial charge in [-0.2, -0.15) is 0 Å². The van der Waals surface area contributed by atoms with Crippen molar-refractivity contribution in [2.75, 3.05) is 0 Å². The molecule has 3 rings (SSSR count). The van der Waals surface area contributed by atoms with E-state index in [9.17, 15) is 0 Å². The van der Waals surface area contributed by atoms with Gasteiger partial charge in [0.15, 0.2) is 0 Å². The first-order valence-corrected chi connectivity index (χ1v) is 6.43. The third kappa shape index (κ3) is 2.23. The van der Waals surface area contributed by atoms with Gasteiger partial charge in [0.1, 0.15) is 0 Å². The van der Waals surface area contributed by atoms with Crippen molar-refractivity contribution in [2.45, 2.75) is 13.5 Å². The second kappa shape index (κ2) is 4.82. The Hall–Kier alpha value is -2.19. The molecule has 1 heterocycles. The largest absolute Gasteiger partial charge is 0.326 e. The highest BCUT2D eigenvalue weighted by atomic mass is 14.6. The maximum atomic E-state index is 5.72. The van der Waals surface area contributed by atoms with Crippen LogP contribution in [0.3, 0.4) is 0 Å². The molecule has 0 bridgehead atoms. The summed E-state index contributed by atoms with van der Waals surface area (Å²) >= 11 is 0. The molecule has 2 heteroatoms. The SMILES string of the molecule is Cc1ccc(CN)cc1-c1cnc2ccccc2c1. The summed E-state index contributed by atoms with van der Waals surface area (Å²) in [5, 5.41) is 1.16. The molecule has 0 aliphatic heterocycles. The summed E-state index contributed by atoms with van der Waals surface area (Å²) < 4.78 is 0. The topological polar surface area (TPSA) is 38.9 Å². The molecule has 94 valence electrons. The van der Waals surface area contributed by atoms with E-state index in [-0.39, 0.29) is 0 Å². The third-order valence-corrected chi connectivity index (χ3v) is 3.44. The standard InChI is InChI=1S/C17H16N2/c1-12-6-7-13(10-18)8-16(12)15-9-14-4-2-3-5-17(14)19-11-15/h2-9,11H,10,18H2,1H3. The van der Waals surface area contributed by atoms with Crippen LogP contribution >= 0.6 is 0 Å². The lowest BCUT2D eigenvalue weighted by atomic mass is 9.98. The molecule has 0 unspecified atom stereocenters. The summed E-state index contributed by atoms with van der Waals surface area (Å²) in [6.07, 6.45) is 1.94. The average molecular weight is 248 g/mol. The van der Waals surface area contributed by atoms with Gasteiger partial charge in [0.25, 0.3) is 0 Å². The second-order valence-corrected chi connectivity index (χ2v) is 4.77. The van der Waals surface area contributed by atoms with Gasteiger partial charge in [0.2, 0.25) is 0 Å². The van der Waals surface area contributed by atoms with Crippen molar-refractivity contribution >= 4 is 10.9 Å². The van der Waals surface area contributed by atoms with Gasteiger partial charge in [-0.1, -0.05) is 30.3 Å². The van der Waals surface area contributed by atoms with Crippen LogP contribution in [0.2, 0.25) is 0 Å². The van der Waals surface area contributed by atoms with Crippen LogP contribution in [0, 0.1) is 6.92 Å². The zero-order valence-corrected chi connectivity index (χ0v) is 10.9. The molecular formula is C17H16N2. The van der Waals surface area contributed by atoms with Gasteiger partial charge in [-0.15, -0.1) is 0 Å². The molecule has 0 spiro atoms. The van der Waals surface area contributed by atoms with Crippen LogP contribution in [0.25, 0.3) is 22.0 Å². The average Bonchev–Trinajstić information content (AvgIpc) is 2.47. The van der Waals surface area contributed by atoms with Crippen molar-refractivity contribution in [3.8, 4) is 11.1 Å². The molecule has 0 aliphatic carbocycles. The van der Waals surface area contributed by atoms with Crippen LogP contribution in [0.5, 0.6) is 0 Å². The molecular weight excluding hydrogens is 232 g/mol. The van der Waals surface area contributed by atoms with E-state index >= 15 is 0 Å². The predicted molar refractivity (Wildman–Crippen MR) is 79.8 cm³/mol. The molecule has 3 aromatic rings. The van der Waals surface area contributed by atoms with Gasteiger partial charge in [0.05, 0.1) is 5.52 Å². The second-order valence-electron chi connectivity index (χ2n) is 4.77. The van der Waals surface area contributed by atoms with Crippen LogP contribution < -0.4 is 5.73 Å². The van der Waals surface area contributed by atoms with E-state index in [1.807, 2.05) is 24.4 Å². The summed E-state index contributed by atoms with van der Waals surface area (Å²) in [4.78, 5) is 4.52. The van der Waals surface area contributed by atoms with Crippen LogP contribution in [0.1, 0.15) is 11.1 Å². The van der Waals surface area contributed by atoms with Crippen molar-refractivity contribution in [2.24, 2.45) is 5.73 Å². The fourth-order valence-electron chi connectivity index (χ4n) is 2.33. The van der Waals surface area contributed by atoms with Crippen molar-refractivity contribution < 1.29 is 0 Å². The molecule has 0 fully saturated rings. The van der Waals surface area contributed by atoms with E-state index in [2.05, 4.69) is 42.2 Å². The quantitative estimate of drug-likeness (QED) is 0.751. The third-order valence-electron chi connectivity index (χ3n) is 3.44. The Bertz CT molecular complexity index is 732. The number of nitrogens with zero attached hydrogens (tertiary/aromatic N) is 1. The summed E-state index contributed by atoms with van der Waals surface area (Å²) in [6.45, 7) is 2.68. The van der Waals surface area contributed by atoms with E-state index in [0.29, 0.717) is 6.54 Å². The van der Waals surface area contributed by atoms with Crippen LogP contribution in [0.15, 0.2) is 54.7 Å². The van der Waals surface area contributed by atoms with Gasteiger partial charge >= 0.3 is 0 Å². The molecule has 2 aromatic carbocycles. The first-order valence-electron chi connectivity index (χ1n) is 6.43. The Morgan fingerprint density at radius 2 is 1.89 bits per heavy atom. The van der Waals surface area contributed by atoms with E-state index in [1.165, 1.54) is 11.1 Å². The lowest BCUT2D eigenvalue weighted by molar-refractivity contribution is 1.07. The summed E-state index contributed by atoms with van der Waals surface area (Å²) in [7, 11) is 0. The summed E-state index contributed by atoms with van der Waals surface area (Å²) in [5.74, 6) is 0. The highest BCUT2D eigenvalue weighted by molar-refractivity contribution is 5.84. The minimum absolute atomic E-state index is 0.564. The van der Waals surface area contributed by atoms with Gasteiger partial charge < -0.3 is 5.73 Å². The first-order chi connectivity index (χ1) is 9.28. The molecule has 0 aliphatic rings. The smallest absolute Gasteiger partial charge is 0.0702 e. The Morgan fingerprint density at radius 1 is 1.05 bits per heavy atom. The Kier molecular flexibility index (Phi) is 3.02. The number of aryl methyl sites for hydroxylation is 1. The zero-order valence-electron chi connectivity index (χ0n) is 10.9. The number of rotatable bonds is 2. The molecule has 19 heavy (non-hydrogen) atoms. The summed E-state index contributed by atoms with van der Waals surface area (Å²) in [6, 6.07) is 16.7. The van der Waals surface area contributed by atoms with Crippen molar-refractivity contribution in [1.82, 2.24) is 4.98 Å². The lowest BCUT2D eigenvalue weighted by Crippen LogP contribution is -1.97. The van der Waals surface area contributed by atoms with Crippen molar-refractivity contribution in [3.05, 3.63) is 65.9 Å². The summed E-state index contributed by atoms with van der Waals surface area (Å²) in [5.41, 5.74) is 11.5. The molecule has 0 amide bonds. The van der Waals surface area contributed by atoms with Gasteiger partial charge in [-0.3, -0.25) is 4.98 Å². The molecule has 0 atom stereocenters. The fourth-order valence-corrected chi connectivity index (χ4v) is 2.33. The highest BCUT2D eigenvalue weighted by Crippen LogP contribution is 2.26. The van der Waals surface area contributed by atoms with E-state index < -0.39 is 0 Å². The van der Waals surface area contributed by atoms with Crippen LogP contribution in [-0.2, 0) is 6.54 Å². The number of fused-ring (bicyclic) bond motifs is 1. The van der Waals surface area contributed by atoms with Crippen molar-refractivity contribution in [3.63, 3.8) is 0 Å². The van der Waals surface area contributed by atoms with E-state index in [1.54, 1.807) is 0 Å². The van der Waals surface area contributed by atoms with E-state index in [0.717, 1.165) is 22.0 Å². The minimum Gasteiger partial charge on any atom is -0.326 e. The van der Waals surface area contributed by atoms with Gasteiger partial charge in [-0.25, -0.2) is 0 Å². The maximum absolute atomic E-state index is 5.72. The number of pyridine rings is 1. The Balaban J connectivity index is 2.18. The molecule has 1 aromatic heterocycles. The number of benzene rings is 2. The highest BCUT2D eigenvalue weighted by Gasteiger charge is 2.05. The molecule has 2 nitrogen and oxygen atoms in total. The van der Waals surface area contributed by atoms with Crippen LogP contribution in [-0.4, -0.2) is 4.98 Å². The number of nitrogens with two attached hydrogens (primary N) is 1. The van der Waals surface area contributed by atoms with E-state index in [4.69, 9.17) is 5.73 Å². The maximum Gasteiger partial charge on any atom is 0.0702 e. The molecule has 0 saturated carbocycles. The van der Waals surface area contributed by atoms with Gasteiger partial charge in [-0.05, 0) is 41.8 Å². The molecule has 0 radical (unpaired) electrons. The Labute approximate surface area is 112 Å². The number of aromatic nitrogens is 1. The normalized spacial score (nSPS) is 10.8. The number of hydrogen-bond acceptors (Lipinski definition) is 2. The lowest BCUT2D eigenvalue weighted by Gasteiger charge is -2.09. The zero-order chi connectivity index (χ0) is 13.2. The minimum atomic E-state index is 0.564. The van der Waals surface area contributed by atoms with Crippen LogP contribution in [0.4, 0.5) is 0 Å². The molecule has 0 saturated heterocycles. The van der Waals surface area contributed by atoms with Gasteiger partial charge in [0, 0.05) is 23.7 Å². The fraction of sp³-hybridized carbons (Fsp3) is 0.118. The number of para-hydroxylation sites is 1. The predicted octanol–water partition coefficient (Wildman–Crippen LogP) is 3.67. The monoisotopic (exact) mass is 248 g/mol. The number of hydrogen-bond donors (Lipinski definition) is 1. The molecule has 2 N–H and O–H groups in total. The van der Waals surface area contributed by atoms with Crippen molar-refractivity contribution in [1.29, 1.82) is 0 Å². The first kappa shape index (κ1) is 11.9.